The molecule has 0 radical (unpaired) electrons. The molecule has 2 rings (SSSR count). The van der Waals surface area contributed by atoms with Gasteiger partial charge in [-0.1, -0.05) is 19.3 Å². The maximum atomic E-state index is 10.9. The van der Waals surface area contributed by atoms with E-state index in [1.165, 1.54) is 26.4 Å². The molecular weight excluding hydrogens is 208 g/mol. The van der Waals surface area contributed by atoms with E-state index < -0.39 is 0 Å². The SMILES string of the molecule is COC(=O)C1CCCCC1.Cc1non1C. The van der Waals surface area contributed by atoms with Gasteiger partial charge in [0.05, 0.1) is 13.0 Å². The van der Waals surface area contributed by atoms with Gasteiger partial charge in [0, 0.05) is 14.0 Å². The molecule has 0 bridgehead atoms. The molecule has 0 aliphatic heterocycles. The summed E-state index contributed by atoms with van der Waals surface area (Å²) < 4.78 is 10.7. The van der Waals surface area contributed by atoms with Gasteiger partial charge in [0.25, 0.3) is 0 Å². The van der Waals surface area contributed by atoms with Gasteiger partial charge in [0.1, 0.15) is 0 Å². The van der Waals surface area contributed by atoms with Crippen molar-refractivity contribution >= 4 is 5.97 Å². The van der Waals surface area contributed by atoms with E-state index in [0.717, 1.165) is 18.7 Å². The minimum Gasteiger partial charge on any atom is -0.469 e. The van der Waals surface area contributed by atoms with Gasteiger partial charge in [-0.25, -0.2) is 0 Å². The van der Waals surface area contributed by atoms with Gasteiger partial charge in [0.15, 0.2) is 5.82 Å². The number of rotatable bonds is 1. The minimum atomic E-state index is -0.0142. The summed E-state index contributed by atoms with van der Waals surface area (Å²) in [6.07, 6.45) is 5.74. The largest absolute Gasteiger partial charge is 0.469 e. The number of carbonyl (C=O) groups excluding carboxylic acids is 1. The zero-order valence-electron chi connectivity index (χ0n) is 10.2. The maximum Gasteiger partial charge on any atom is 0.308 e. The summed E-state index contributed by atoms with van der Waals surface area (Å²) in [5, 5.41) is 3.49. The van der Waals surface area contributed by atoms with E-state index in [4.69, 9.17) is 0 Å². The molecule has 92 valence electrons. The number of nitrogens with zero attached hydrogens (tertiary/aromatic N) is 2. The van der Waals surface area contributed by atoms with Crippen LogP contribution in [-0.4, -0.2) is 23.0 Å². The van der Waals surface area contributed by atoms with E-state index in [0.29, 0.717) is 0 Å². The summed E-state index contributed by atoms with van der Waals surface area (Å²) in [6, 6.07) is 0. The van der Waals surface area contributed by atoms with Gasteiger partial charge >= 0.3 is 5.97 Å². The van der Waals surface area contributed by atoms with Crippen molar-refractivity contribution in [1.82, 2.24) is 9.90 Å². The van der Waals surface area contributed by atoms with Gasteiger partial charge in [-0.05, 0) is 18.0 Å². The molecule has 0 aromatic carbocycles. The van der Waals surface area contributed by atoms with Crippen molar-refractivity contribution in [2.24, 2.45) is 13.0 Å². The Morgan fingerprint density at radius 3 is 2.31 bits per heavy atom. The summed E-state index contributed by atoms with van der Waals surface area (Å²) in [6.45, 7) is 1.88. The molecule has 0 saturated heterocycles. The summed E-state index contributed by atoms with van der Waals surface area (Å²) >= 11 is 0. The first-order valence-electron chi connectivity index (χ1n) is 5.68. The topological polar surface area (TPSA) is 57.3 Å². The second-order valence-corrected chi connectivity index (χ2v) is 4.08. The van der Waals surface area contributed by atoms with Crippen molar-refractivity contribution in [3.8, 4) is 0 Å². The minimum absolute atomic E-state index is 0.0142. The van der Waals surface area contributed by atoms with Crippen LogP contribution in [0.25, 0.3) is 0 Å². The van der Waals surface area contributed by atoms with Crippen molar-refractivity contribution < 1.29 is 14.2 Å². The Kier molecular flexibility index (Phi) is 5.08. The molecule has 0 amide bonds. The quantitative estimate of drug-likeness (QED) is 0.690. The van der Waals surface area contributed by atoms with Gasteiger partial charge in [-0.3, -0.25) is 9.42 Å². The Bertz CT molecular complexity index is 295. The van der Waals surface area contributed by atoms with E-state index in [2.05, 4.69) is 14.5 Å². The summed E-state index contributed by atoms with van der Waals surface area (Å²) in [5.41, 5.74) is 0. The number of esters is 1. The van der Waals surface area contributed by atoms with Crippen molar-refractivity contribution in [3.05, 3.63) is 5.82 Å². The fourth-order valence-corrected chi connectivity index (χ4v) is 1.71. The first-order valence-corrected chi connectivity index (χ1v) is 5.68. The molecule has 1 aliphatic rings. The number of hydrogen-bond acceptors (Lipinski definition) is 4. The number of hydrogen-bond donors (Lipinski definition) is 0. The van der Waals surface area contributed by atoms with Crippen molar-refractivity contribution in [2.45, 2.75) is 39.0 Å². The van der Waals surface area contributed by atoms with E-state index in [1.54, 1.807) is 4.74 Å². The van der Waals surface area contributed by atoms with Crippen LogP contribution in [0.2, 0.25) is 0 Å². The van der Waals surface area contributed by atoms with E-state index >= 15 is 0 Å². The highest BCUT2D eigenvalue weighted by Gasteiger charge is 2.20. The number of aromatic nitrogens is 2. The average Bonchev–Trinajstić information content (AvgIpc) is 2.37. The third kappa shape index (κ3) is 3.72. The molecule has 16 heavy (non-hydrogen) atoms. The van der Waals surface area contributed by atoms with Crippen LogP contribution in [0.4, 0.5) is 0 Å². The lowest BCUT2D eigenvalue weighted by Gasteiger charge is -2.18. The van der Waals surface area contributed by atoms with Crippen LogP contribution in [0.5, 0.6) is 0 Å². The normalized spacial score (nSPS) is 16.4. The Morgan fingerprint density at radius 1 is 1.44 bits per heavy atom. The Balaban J connectivity index is 0.000000181. The van der Waals surface area contributed by atoms with Gasteiger partial charge < -0.3 is 4.74 Å². The molecule has 1 fully saturated rings. The molecule has 1 aromatic rings. The monoisotopic (exact) mass is 228 g/mol. The van der Waals surface area contributed by atoms with Gasteiger partial charge in [-0.15, -0.1) is 0 Å². The maximum absolute atomic E-state index is 10.9. The Labute approximate surface area is 95.7 Å². The number of ether oxygens (including phenoxy) is 1. The van der Waals surface area contributed by atoms with Gasteiger partial charge in [-0.2, -0.15) is 4.74 Å². The molecule has 1 heterocycles. The first kappa shape index (κ1) is 12.8. The summed E-state index contributed by atoms with van der Waals surface area (Å²) in [4.78, 5) is 10.9. The number of carbonyl (C=O) groups is 1. The zero-order chi connectivity index (χ0) is 12.0. The molecule has 1 aromatic heterocycles. The standard InChI is InChI=1S/C8H14O2.C3H6N2O/c1-10-8(9)7-5-3-2-4-6-7;1-3-4-6-5(3)2/h7H,2-6H2,1H3;1-2H3. The summed E-state index contributed by atoms with van der Waals surface area (Å²) in [5.74, 6) is 1.12. The molecule has 0 unspecified atom stereocenters. The molecule has 5 nitrogen and oxygen atoms in total. The van der Waals surface area contributed by atoms with Crippen molar-refractivity contribution in [3.63, 3.8) is 0 Å². The van der Waals surface area contributed by atoms with Crippen molar-refractivity contribution in [2.75, 3.05) is 7.11 Å². The number of methoxy groups -OCH3 is 1. The molecular formula is C11H20N2O3. The van der Waals surface area contributed by atoms with Crippen LogP contribution in [0.1, 0.15) is 37.9 Å². The van der Waals surface area contributed by atoms with E-state index in [1.807, 2.05) is 14.0 Å². The van der Waals surface area contributed by atoms with Crippen LogP contribution in [0.3, 0.4) is 0 Å². The lowest BCUT2D eigenvalue weighted by molar-refractivity contribution is -0.146. The van der Waals surface area contributed by atoms with Crippen molar-refractivity contribution in [1.29, 1.82) is 0 Å². The van der Waals surface area contributed by atoms with Crippen LogP contribution >= 0.6 is 0 Å². The zero-order valence-corrected chi connectivity index (χ0v) is 10.2. The molecule has 1 saturated carbocycles. The number of aryl methyl sites for hydroxylation is 2. The summed E-state index contributed by atoms with van der Waals surface area (Å²) in [7, 11) is 3.28. The van der Waals surface area contributed by atoms with Crippen LogP contribution in [-0.2, 0) is 16.6 Å². The van der Waals surface area contributed by atoms with E-state index in [-0.39, 0.29) is 11.9 Å². The second kappa shape index (κ2) is 6.35. The first-order chi connectivity index (χ1) is 7.65. The fraction of sp³-hybridized carbons (Fsp3) is 0.818. The highest BCUT2D eigenvalue weighted by Crippen LogP contribution is 2.24. The molecule has 0 atom stereocenters. The second-order valence-electron chi connectivity index (χ2n) is 4.08. The average molecular weight is 228 g/mol. The van der Waals surface area contributed by atoms with E-state index in [9.17, 15) is 4.79 Å². The molecule has 0 N–H and O–H groups in total. The van der Waals surface area contributed by atoms with Crippen LogP contribution in [0.15, 0.2) is 4.63 Å². The molecule has 5 heteroatoms. The highest BCUT2D eigenvalue weighted by atomic mass is 16.6. The predicted octanol–water partition coefficient (Wildman–Crippen LogP) is 2.06. The lowest BCUT2D eigenvalue weighted by Crippen LogP contribution is -2.18. The Morgan fingerprint density at radius 2 is 2.00 bits per heavy atom. The predicted molar refractivity (Wildman–Crippen MR) is 58.8 cm³/mol. The highest BCUT2D eigenvalue weighted by molar-refractivity contribution is 5.72. The Hall–Kier alpha value is -1.26. The fourth-order valence-electron chi connectivity index (χ4n) is 1.71. The smallest absolute Gasteiger partial charge is 0.308 e. The molecule has 1 aliphatic carbocycles. The third-order valence-corrected chi connectivity index (χ3v) is 2.89. The molecule has 0 spiro atoms. The van der Waals surface area contributed by atoms with Gasteiger partial charge in [0.2, 0.25) is 0 Å². The lowest BCUT2D eigenvalue weighted by atomic mass is 9.89. The van der Waals surface area contributed by atoms with Crippen LogP contribution in [0, 0.1) is 12.8 Å². The van der Waals surface area contributed by atoms with Crippen LogP contribution < -0.4 is 0 Å². The third-order valence-electron chi connectivity index (χ3n) is 2.89.